The summed E-state index contributed by atoms with van der Waals surface area (Å²) in [6.45, 7) is 0. The predicted molar refractivity (Wildman–Crippen MR) is 69.4 cm³/mol. The van der Waals surface area contributed by atoms with E-state index in [4.69, 9.17) is 0 Å². The van der Waals surface area contributed by atoms with Gasteiger partial charge in [0.1, 0.15) is 17.3 Å². The fraction of sp³-hybridized carbons (Fsp3) is 0. The number of benzene rings is 2. The molecule has 3 rings (SSSR count). The zero-order chi connectivity index (χ0) is 13.4. The van der Waals surface area contributed by atoms with Crippen molar-refractivity contribution >= 4 is 10.8 Å². The van der Waals surface area contributed by atoms with Gasteiger partial charge in [0.15, 0.2) is 0 Å². The Kier molecular flexibility index (Phi) is 2.52. The third-order valence-corrected chi connectivity index (χ3v) is 2.90. The Labute approximate surface area is 107 Å². The number of hydrogen-bond acceptors (Lipinski definition) is 3. The monoisotopic (exact) mass is 256 g/mol. The molecular weight excluding hydrogens is 247 g/mol. The average Bonchev–Trinajstić information content (AvgIpc) is 2.41. The number of phenolic OH excluding ortho intramolecular Hbond substituents is 1. The van der Waals surface area contributed by atoms with Crippen LogP contribution in [0.4, 0.5) is 4.39 Å². The van der Waals surface area contributed by atoms with Crippen LogP contribution in [0.25, 0.3) is 22.0 Å². The van der Waals surface area contributed by atoms with Crippen LogP contribution in [0.1, 0.15) is 0 Å². The molecule has 94 valence electrons. The van der Waals surface area contributed by atoms with Gasteiger partial charge in [0.2, 0.25) is 0 Å². The van der Waals surface area contributed by atoms with Crippen molar-refractivity contribution in [2.45, 2.75) is 0 Å². The second-order valence-corrected chi connectivity index (χ2v) is 4.11. The van der Waals surface area contributed by atoms with Crippen molar-refractivity contribution in [3.63, 3.8) is 0 Å². The van der Waals surface area contributed by atoms with Crippen molar-refractivity contribution < 1.29 is 9.50 Å². The minimum Gasteiger partial charge on any atom is -0.508 e. The first-order valence-electron chi connectivity index (χ1n) is 5.63. The van der Waals surface area contributed by atoms with Gasteiger partial charge in [-0.1, -0.05) is 18.2 Å². The highest BCUT2D eigenvalue weighted by atomic mass is 19.1. The summed E-state index contributed by atoms with van der Waals surface area (Å²) in [5.74, 6) is -0.750. The maximum absolute atomic E-state index is 13.9. The van der Waals surface area contributed by atoms with Crippen molar-refractivity contribution in [2.24, 2.45) is 0 Å². The van der Waals surface area contributed by atoms with Crippen LogP contribution in [0.15, 0.2) is 47.3 Å². The molecule has 0 saturated carbocycles. The van der Waals surface area contributed by atoms with E-state index in [1.54, 1.807) is 24.3 Å². The Bertz CT molecular complexity index is 827. The molecule has 0 amide bonds. The molecule has 1 heterocycles. The number of aromatic hydroxyl groups is 1. The summed E-state index contributed by atoms with van der Waals surface area (Å²) in [6, 6.07) is 10.7. The van der Waals surface area contributed by atoms with Crippen LogP contribution in [0.5, 0.6) is 5.75 Å². The van der Waals surface area contributed by atoms with Crippen LogP contribution in [0, 0.1) is 5.82 Å². The van der Waals surface area contributed by atoms with E-state index >= 15 is 0 Å². The van der Waals surface area contributed by atoms with Gasteiger partial charge in [0.25, 0.3) is 5.56 Å². The fourth-order valence-electron chi connectivity index (χ4n) is 2.02. The molecular formula is C14H9FN2O2. The highest BCUT2D eigenvalue weighted by Gasteiger charge is 2.12. The summed E-state index contributed by atoms with van der Waals surface area (Å²) in [5, 5.41) is 16.5. The fourth-order valence-corrected chi connectivity index (χ4v) is 2.02. The van der Waals surface area contributed by atoms with Gasteiger partial charge in [-0.05, 0) is 18.2 Å². The van der Waals surface area contributed by atoms with E-state index in [9.17, 15) is 14.3 Å². The average molecular weight is 256 g/mol. The lowest BCUT2D eigenvalue weighted by molar-refractivity contribution is 0.469. The Hall–Kier alpha value is -2.69. The standard InChI is InChI=1S/C14H9FN2O2/c15-12-7-8(18)5-6-11(12)13-9-3-1-2-4-10(9)14(19)17-16-13/h1-7,18H,(H,17,19). The molecule has 0 aliphatic heterocycles. The number of aromatic amines is 1. The van der Waals surface area contributed by atoms with Crippen molar-refractivity contribution in [2.75, 3.05) is 0 Å². The topological polar surface area (TPSA) is 66.0 Å². The summed E-state index contributed by atoms with van der Waals surface area (Å²) in [5.41, 5.74) is 0.247. The van der Waals surface area contributed by atoms with Gasteiger partial charge in [-0.2, -0.15) is 5.10 Å². The van der Waals surface area contributed by atoms with E-state index in [1.807, 2.05) is 0 Å². The summed E-state index contributed by atoms with van der Waals surface area (Å²) < 4.78 is 13.9. The number of rotatable bonds is 1. The molecule has 4 nitrogen and oxygen atoms in total. The van der Waals surface area contributed by atoms with Crippen LogP contribution in [-0.2, 0) is 0 Å². The molecule has 3 aromatic rings. The van der Waals surface area contributed by atoms with E-state index in [0.717, 1.165) is 6.07 Å². The number of aromatic nitrogens is 2. The molecule has 0 radical (unpaired) electrons. The number of hydrogen-bond donors (Lipinski definition) is 2. The van der Waals surface area contributed by atoms with Gasteiger partial charge in [0, 0.05) is 17.0 Å². The normalized spacial score (nSPS) is 10.8. The molecule has 0 fully saturated rings. The van der Waals surface area contributed by atoms with Crippen LogP contribution in [0.2, 0.25) is 0 Å². The maximum atomic E-state index is 13.9. The number of nitrogens with zero attached hydrogens (tertiary/aromatic N) is 1. The lowest BCUT2D eigenvalue weighted by Gasteiger charge is -2.06. The molecule has 2 N–H and O–H groups in total. The highest BCUT2D eigenvalue weighted by molar-refractivity contribution is 5.93. The van der Waals surface area contributed by atoms with Crippen molar-refractivity contribution in [1.29, 1.82) is 0 Å². The minimum absolute atomic E-state index is 0.157. The number of nitrogens with one attached hydrogen (secondary N) is 1. The molecule has 0 spiro atoms. The highest BCUT2D eigenvalue weighted by Crippen LogP contribution is 2.28. The smallest absolute Gasteiger partial charge is 0.272 e. The first-order chi connectivity index (χ1) is 9.16. The van der Waals surface area contributed by atoms with E-state index in [0.29, 0.717) is 16.5 Å². The van der Waals surface area contributed by atoms with Gasteiger partial charge in [-0.15, -0.1) is 0 Å². The van der Waals surface area contributed by atoms with Gasteiger partial charge < -0.3 is 5.11 Å². The van der Waals surface area contributed by atoms with Gasteiger partial charge in [-0.25, -0.2) is 9.49 Å². The molecule has 2 aromatic carbocycles. The van der Waals surface area contributed by atoms with E-state index in [1.165, 1.54) is 12.1 Å². The third-order valence-electron chi connectivity index (χ3n) is 2.90. The third kappa shape index (κ3) is 1.85. The number of halogens is 1. The lowest BCUT2D eigenvalue weighted by Crippen LogP contribution is -2.09. The molecule has 5 heteroatoms. The van der Waals surface area contributed by atoms with E-state index < -0.39 is 5.82 Å². The molecule has 0 saturated heterocycles. The van der Waals surface area contributed by atoms with Crippen LogP contribution in [0.3, 0.4) is 0 Å². The Balaban J connectivity index is 2.37. The Morgan fingerprint density at radius 2 is 1.84 bits per heavy atom. The van der Waals surface area contributed by atoms with Gasteiger partial charge in [-0.3, -0.25) is 4.79 Å². The maximum Gasteiger partial charge on any atom is 0.272 e. The summed E-state index contributed by atoms with van der Waals surface area (Å²) in [4.78, 5) is 11.6. The summed E-state index contributed by atoms with van der Waals surface area (Å²) in [6.07, 6.45) is 0. The first-order valence-corrected chi connectivity index (χ1v) is 5.63. The molecule has 0 unspecified atom stereocenters. The zero-order valence-corrected chi connectivity index (χ0v) is 9.72. The number of H-pyrrole nitrogens is 1. The first kappa shape index (κ1) is 11.4. The molecule has 0 aliphatic rings. The molecule has 0 atom stereocenters. The van der Waals surface area contributed by atoms with Gasteiger partial charge in [0.05, 0.1) is 5.39 Å². The second kappa shape index (κ2) is 4.20. The number of phenols is 1. The van der Waals surface area contributed by atoms with E-state index in [-0.39, 0.29) is 16.9 Å². The van der Waals surface area contributed by atoms with Crippen LogP contribution >= 0.6 is 0 Å². The lowest BCUT2D eigenvalue weighted by atomic mass is 10.0. The number of fused-ring (bicyclic) bond motifs is 1. The molecule has 1 aromatic heterocycles. The van der Waals surface area contributed by atoms with Crippen molar-refractivity contribution in [3.05, 3.63) is 58.6 Å². The SMILES string of the molecule is O=c1[nH]nc(-c2ccc(O)cc2F)c2ccccc12. The Morgan fingerprint density at radius 3 is 2.58 bits per heavy atom. The largest absolute Gasteiger partial charge is 0.508 e. The summed E-state index contributed by atoms with van der Waals surface area (Å²) >= 11 is 0. The van der Waals surface area contributed by atoms with Crippen molar-refractivity contribution in [3.8, 4) is 17.0 Å². The molecule has 0 aliphatic carbocycles. The second-order valence-electron chi connectivity index (χ2n) is 4.11. The molecule has 19 heavy (non-hydrogen) atoms. The Morgan fingerprint density at radius 1 is 1.11 bits per heavy atom. The zero-order valence-electron chi connectivity index (χ0n) is 9.72. The minimum atomic E-state index is -0.593. The quantitative estimate of drug-likeness (QED) is 0.702. The summed E-state index contributed by atoms with van der Waals surface area (Å²) in [7, 11) is 0. The molecule has 0 bridgehead atoms. The van der Waals surface area contributed by atoms with Crippen LogP contribution in [-0.4, -0.2) is 15.3 Å². The van der Waals surface area contributed by atoms with E-state index in [2.05, 4.69) is 10.2 Å². The van der Waals surface area contributed by atoms with Crippen LogP contribution < -0.4 is 5.56 Å². The predicted octanol–water partition coefficient (Wildman–Crippen LogP) is 2.43. The van der Waals surface area contributed by atoms with Crippen molar-refractivity contribution in [1.82, 2.24) is 10.2 Å². The van der Waals surface area contributed by atoms with Gasteiger partial charge >= 0.3 is 0 Å².